The van der Waals surface area contributed by atoms with Gasteiger partial charge in [-0.15, -0.1) is 0 Å². The van der Waals surface area contributed by atoms with Crippen molar-refractivity contribution in [1.82, 2.24) is 25.1 Å². The Morgan fingerprint density at radius 3 is 2.64 bits per heavy atom. The predicted octanol–water partition coefficient (Wildman–Crippen LogP) is 2.21. The van der Waals surface area contributed by atoms with Gasteiger partial charge in [-0.3, -0.25) is 9.78 Å². The third-order valence-corrected chi connectivity index (χ3v) is 6.06. The second-order valence-electron chi connectivity index (χ2n) is 7.39. The fourth-order valence-electron chi connectivity index (χ4n) is 3.44. The molecule has 3 heterocycles. The molecular formula is C22H20FN5O4S. The van der Waals surface area contributed by atoms with Gasteiger partial charge >= 0.3 is 0 Å². The number of amides is 1. The van der Waals surface area contributed by atoms with Crippen LogP contribution < -0.4 is 5.32 Å². The van der Waals surface area contributed by atoms with Gasteiger partial charge < -0.3 is 10.4 Å². The first-order valence-corrected chi connectivity index (χ1v) is 11.8. The zero-order valence-corrected chi connectivity index (χ0v) is 18.3. The number of nitrogens with zero attached hydrogens (tertiary/aromatic N) is 4. The second-order valence-corrected chi connectivity index (χ2v) is 9.35. The van der Waals surface area contributed by atoms with Crippen molar-refractivity contribution in [2.45, 2.75) is 17.5 Å². The second kappa shape index (κ2) is 9.04. The molecule has 3 aromatic heterocycles. The van der Waals surface area contributed by atoms with Crippen LogP contribution in [0.4, 0.5) is 4.39 Å². The van der Waals surface area contributed by atoms with E-state index in [4.69, 9.17) is 0 Å². The van der Waals surface area contributed by atoms with Crippen LogP contribution >= 0.6 is 0 Å². The van der Waals surface area contributed by atoms with E-state index in [1.54, 1.807) is 29.1 Å². The zero-order valence-electron chi connectivity index (χ0n) is 17.5. The number of sulfone groups is 1. The molecule has 1 aromatic carbocycles. The van der Waals surface area contributed by atoms with E-state index in [1.807, 2.05) is 0 Å². The van der Waals surface area contributed by atoms with Gasteiger partial charge in [-0.25, -0.2) is 22.5 Å². The highest BCUT2D eigenvalue weighted by Gasteiger charge is 2.21. The number of hydrogen-bond donors (Lipinski definition) is 2. The fraction of sp³-hybridized carbons (Fsp3) is 0.182. The number of aliphatic hydroxyl groups excluding tert-OH is 1. The Kier molecular flexibility index (Phi) is 6.16. The average Bonchev–Trinajstić information content (AvgIpc) is 3.23. The van der Waals surface area contributed by atoms with Gasteiger partial charge in [-0.1, -0.05) is 0 Å². The van der Waals surface area contributed by atoms with Crippen LogP contribution in [-0.2, 0) is 9.84 Å². The molecule has 0 aliphatic heterocycles. The molecule has 0 spiro atoms. The summed E-state index contributed by atoms with van der Waals surface area (Å²) >= 11 is 0. The Balaban J connectivity index is 1.67. The number of aromatic nitrogens is 4. The Bertz CT molecular complexity index is 1420. The maximum atomic E-state index is 13.3. The highest BCUT2D eigenvalue weighted by Crippen LogP contribution is 2.23. The Morgan fingerprint density at radius 1 is 1.18 bits per heavy atom. The minimum atomic E-state index is -3.54. The molecule has 33 heavy (non-hydrogen) atoms. The number of hydrogen-bond acceptors (Lipinski definition) is 7. The fourth-order valence-corrected chi connectivity index (χ4v) is 4.04. The van der Waals surface area contributed by atoms with Gasteiger partial charge in [-0.2, -0.15) is 5.10 Å². The third kappa shape index (κ3) is 4.73. The van der Waals surface area contributed by atoms with Crippen molar-refractivity contribution < 1.29 is 22.7 Å². The minimum Gasteiger partial charge on any atom is -0.396 e. The lowest BCUT2D eigenvalue weighted by molar-refractivity contribution is 0.0931. The predicted molar refractivity (Wildman–Crippen MR) is 118 cm³/mol. The number of aliphatic hydroxyl groups is 1. The monoisotopic (exact) mass is 469 g/mol. The molecule has 2 N–H and O–H groups in total. The van der Waals surface area contributed by atoms with Crippen molar-refractivity contribution in [2.24, 2.45) is 0 Å². The summed E-state index contributed by atoms with van der Waals surface area (Å²) in [5.41, 5.74) is 1.90. The highest BCUT2D eigenvalue weighted by molar-refractivity contribution is 7.90. The SMILES string of the molecule is CS(=O)(=O)c1cc([C@H](CCO)NC(=O)c2cncc3c2cnn3-c2ccc(F)cc2)ccn1. The maximum Gasteiger partial charge on any atom is 0.254 e. The van der Waals surface area contributed by atoms with Crippen LogP contribution in [0.1, 0.15) is 28.4 Å². The lowest BCUT2D eigenvalue weighted by Gasteiger charge is -2.19. The lowest BCUT2D eigenvalue weighted by Crippen LogP contribution is -2.29. The van der Waals surface area contributed by atoms with Crippen molar-refractivity contribution in [3.05, 3.63) is 78.1 Å². The molecular weight excluding hydrogens is 449 g/mol. The first-order chi connectivity index (χ1) is 15.8. The van der Waals surface area contributed by atoms with E-state index in [0.717, 1.165) is 6.26 Å². The van der Waals surface area contributed by atoms with Gasteiger partial charge in [0.1, 0.15) is 5.82 Å². The maximum absolute atomic E-state index is 13.3. The van der Waals surface area contributed by atoms with E-state index < -0.39 is 21.8 Å². The van der Waals surface area contributed by atoms with E-state index >= 15 is 0 Å². The van der Waals surface area contributed by atoms with E-state index in [0.29, 0.717) is 22.2 Å². The van der Waals surface area contributed by atoms with Crippen LogP contribution in [0.3, 0.4) is 0 Å². The molecule has 0 radical (unpaired) electrons. The summed E-state index contributed by atoms with van der Waals surface area (Å²) in [5, 5.41) is 17.0. The van der Waals surface area contributed by atoms with Crippen molar-refractivity contribution in [2.75, 3.05) is 12.9 Å². The first kappa shape index (κ1) is 22.5. The minimum absolute atomic E-state index is 0.124. The summed E-state index contributed by atoms with van der Waals surface area (Å²) in [6, 6.07) is 8.05. The van der Waals surface area contributed by atoms with Crippen LogP contribution in [0, 0.1) is 5.82 Å². The number of nitrogens with one attached hydrogen (secondary N) is 1. The molecule has 0 saturated heterocycles. The largest absolute Gasteiger partial charge is 0.396 e. The Morgan fingerprint density at radius 2 is 1.94 bits per heavy atom. The average molecular weight is 469 g/mol. The van der Waals surface area contributed by atoms with Crippen LogP contribution in [0.15, 0.2) is 66.2 Å². The van der Waals surface area contributed by atoms with E-state index in [9.17, 15) is 22.7 Å². The topological polar surface area (TPSA) is 127 Å². The molecule has 0 bridgehead atoms. The molecule has 0 aliphatic carbocycles. The summed E-state index contributed by atoms with van der Waals surface area (Å²) < 4.78 is 38.5. The number of benzene rings is 1. The molecule has 4 aromatic rings. The van der Waals surface area contributed by atoms with Crippen LogP contribution in [0.5, 0.6) is 0 Å². The summed E-state index contributed by atoms with van der Waals surface area (Å²) in [6.45, 7) is -0.230. The van der Waals surface area contributed by atoms with Crippen LogP contribution in [0.2, 0.25) is 0 Å². The summed E-state index contributed by atoms with van der Waals surface area (Å²) in [6.07, 6.45) is 7.02. The lowest BCUT2D eigenvalue weighted by atomic mass is 10.0. The zero-order chi connectivity index (χ0) is 23.6. The number of halogens is 1. The summed E-state index contributed by atoms with van der Waals surface area (Å²) in [7, 11) is -3.54. The molecule has 0 fully saturated rings. The van der Waals surface area contributed by atoms with Gasteiger partial charge in [0.15, 0.2) is 14.9 Å². The summed E-state index contributed by atoms with van der Waals surface area (Å²) in [4.78, 5) is 21.1. The van der Waals surface area contributed by atoms with Crippen LogP contribution in [-0.4, -0.2) is 52.0 Å². The first-order valence-electron chi connectivity index (χ1n) is 9.93. The van der Waals surface area contributed by atoms with Gasteiger partial charge in [-0.05, 0) is 48.4 Å². The van der Waals surface area contributed by atoms with Crippen molar-refractivity contribution in [3.8, 4) is 5.69 Å². The Labute approximate surface area is 188 Å². The number of pyridine rings is 2. The Hall–Kier alpha value is -3.70. The summed E-state index contributed by atoms with van der Waals surface area (Å²) in [5.74, 6) is -0.846. The normalized spacial score (nSPS) is 12.6. The van der Waals surface area contributed by atoms with Crippen molar-refractivity contribution in [3.63, 3.8) is 0 Å². The third-order valence-electron chi connectivity index (χ3n) is 5.08. The van der Waals surface area contributed by atoms with Crippen molar-refractivity contribution >= 4 is 26.6 Å². The molecule has 1 amide bonds. The van der Waals surface area contributed by atoms with E-state index in [-0.39, 0.29) is 29.4 Å². The van der Waals surface area contributed by atoms with E-state index in [1.165, 1.54) is 36.8 Å². The highest BCUT2D eigenvalue weighted by atomic mass is 32.2. The van der Waals surface area contributed by atoms with Crippen LogP contribution in [0.25, 0.3) is 16.6 Å². The number of carbonyl (C=O) groups is 1. The standard InChI is InChI=1S/C22H20FN5O4S/c1-33(31,32)21-10-14(6-8-25-21)19(7-9-29)27-22(30)18-11-24-13-20-17(18)12-26-28(20)16-4-2-15(23)3-5-16/h2-6,8,10-13,19,29H,7,9H2,1H3,(H,27,30)/t19-/m0/s1. The van der Waals surface area contributed by atoms with Gasteiger partial charge in [0, 0.05) is 30.6 Å². The number of carbonyl (C=O) groups excluding carboxylic acids is 1. The number of rotatable bonds is 7. The molecule has 4 rings (SSSR count). The van der Waals surface area contributed by atoms with Gasteiger partial charge in [0.2, 0.25) is 0 Å². The molecule has 11 heteroatoms. The quantitative estimate of drug-likeness (QED) is 0.425. The molecule has 170 valence electrons. The smallest absolute Gasteiger partial charge is 0.254 e. The molecule has 0 saturated carbocycles. The van der Waals surface area contributed by atoms with Gasteiger partial charge in [0.25, 0.3) is 5.91 Å². The number of fused-ring (bicyclic) bond motifs is 1. The van der Waals surface area contributed by atoms with Crippen molar-refractivity contribution in [1.29, 1.82) is 0 Å². The molecule has 9 nitrogen and oxygen atoms in total. The van der Waals surface area contributed by atoms with E-state index in [2.05, 4.69) is 20.4 Å². The van der Waals surface area contributed by atoms with Gasteiger partial charge in [0.05, 0.1) is 35.2 Å². The molecule has 1 atom stereocenters. The molecule has 0 unspecified atom stereocenters. The molecule has 0 aliphatic rings.